The number of benzene rings is 1. The number of halogens is 3. The van der Waals surface area contributed by atoms with Crippen LogP contribution in [0.1, 0.15) is 0 Å². The van der Waals surface area contributed by atoms with Crippen LogP contribution in [0.5, 0.6) is 0 Å². The Morgan fingerprint density at radius 2 is 1.87 bits per heavy atom. The van der Waals surface area contributed by atoms with Crippen LogP contribution in [0.25, 0.3) is 11.1 Å². The van der Waals surface area contributed by atoms with Gasteiger partial charge in [0.2, 0.25) is 0 Å². The van der Waals surface area contributed by atoms with Crippen LogP contribution in [-0.2, 0) is 0 Å². The van der Waals surface area contributed by atoms with Crippen molar-refractivity contribution in [1.29, 1.82) is 0 Å². The van der Waals surface area contributed by atoms with E-state index in [1.807, 2.05) is 0 Å². The van der Waals surface area contributed by atoms with Gasteiger partial charge in [-0.05, 0) is 24.3 Å². The smallest absolute Gasteiger partial charge is 0.142 e. The Morgan fingerprint density at radius 1 is 1.07 bits per heavy atom. The molecule has 0 saturated heterocycles. The zero-order chi connectivity index (χ0) is 10.8. The molecule has 0 atom stereocenters. The molecule has 0 fully saturated rings. The Labute approximate surface area is 96.5 Å². The zero-order valence-electron chi connectivity index (χ0n) is 7.55. The topological polar surface area (TPSA) is 12.9 Å². The van der Waals surface area contributed by atoms with Crippen LogP contribution >= 0.6 is 23.2 Å². The molecule has 15 heavy (non-hydrogen) atoms. The molecule has 0 saturated carbocycles. The third-order valence-corrected chi connectivity index (χ3v) is 2.51. The normalized spacial score (nSPS) is 10.3. The molecule has 0 aliphatic heterocycles. The van der Waals surface area contributed by atoms with E-state index in [0.29, 0.717) is 21.2 Å². The summed E-state index contributed by atoms with van der Waals surface area (Å²) in [6.07, 6.45) is 2.68. The molecule has 0 aliphatic carbocycles. The largest absolute Gasteiger partial charge is 0.261 e. The molecule has 1 aromatic carbocycles. The van der Waals surface area contributed by atoms with Gasteiger partial charge < -0.3 is 0 Å². The van der Waals surface area contributed by atoms with E-state index in [1.54, 1.807) is 24.4 Å². The number of pyridine rings is 1. The van der Waals surface area contributed by atoms with Crippen LogP contribution < -0.4 is 0 Å². The minimum Gasteiger partial charge on any atom is -0.261 e. The van der Waals surface area contributed by atoms with Gasteiger partial charge in [0.25, 0.3) is 0 Å². The van der Waals surface area contributed by atoms with Crippen LogP contribution in [-0.4, -0.2) is 4.98 Å². The van der Waals surface area contributed by atoms with E-state index < -0.39 is 5.82 Å². The van der Waals surface area contributed by atoms with E-state index in [0.717, 1.165) is 6.20 Å². The number of hydrogen-bond acceptors (Lipinski definition) is 1. The summed E-state index contributed by atoms with van der Waals surface area (Å²) in [7, 11) is 0. The highest BCUT2D eigenvalue weighted by atomic mass is 35.5. The first-order valence-electron chi connectivity index (χ1n) is 4.23. The third kappa shape index (κ3) is 2.28. The molecule has 1 nitrogen and oxygen atoms in total. The van der Waals surface area contributed by atoms with Gasteiger partial charge >= 0.3 is 0 Å². The van der Waals surface area contributed by atoms with Crippen molar-refractivity contribution in [2.24, 2.45) is 0 Å². The Balaban J connectivity index is 2.58. The fourth-order valence-electron chi connectivity index (χ4n) is 1.28. The predicted molar refractivity (Wildman–Crippen MR) is 59.7 cm³/mol. The molecule has 1 heterocycles. The first kappa shape index (κ1) is 10.4. The van der Waals surface area contributed by atoms with Crippen molar-refractivity contribution in [1.82, 2.24) is 4.98 Å². The third-order valence-electron chi connectivity index (χ3n) is 1.94. The minimum atomic E-state index is -0.399. The van der Waals surface area contributed by atoms with E-state index in [1.165, 1.54) is 6.07 Å². The van der Waals surface area contributed by atoms with Gasteiger partial charge in [-0.25, -0.2) is 4.39 Å². The lowest BCUT2D eigenvalue weighted by Gasteiger charge is -2.04. The second-order valence-electron chi connectivity index (χ2n) is 3.02. The highest BCUT2D eigenvalue weighted by Gasteiger charge is 2.05. The first-order chi connectivity index (χ1) is 7.16. The lowest BCUT2D eigenvalue weighted by molar-refractivity contribution is 0.622. The quantitative estimate of drug-likeness (QED) is 0.730. The van der Waals surface area contributed by atoms with Gasteiger partial charge in [-0.2, -0.15) is 0 Å². The first-order valence-corrected chi connectivity index (χ1v) is 4.98. The molecule has 4 heteroatoms. The van der Waals surface area contributed by atoms with E-state index in [9.17, 15) is 4.39 Å². The average Bonchev–Trinajstić information content (AvgIpc) is 2.22. The van der Waals surface area contributed by atoms with Crippen LogP contribution in [0.4, 0.5) is 4.39 Å². The average molecular weight is 242 g/mol. The highest BCUT2D eigenvalue weighted by Crippen LogP contribution is 2.30. The molecular weight excluding hydrogens is 236 g/mol. The molecule has 0 bridgehead atoms. The molecule has 0 amide bonds. The van der Waals surface area contributed by atoms with Gasteiger partial charge in [0.15, 0.2) is 0 Å². The van der Waals surface area contributed by atoms with E-state index in [2.05, 4.69) is 4.98 Å². The summed E-state index contributed by atoms with van der Waals surface area (Å²) in [5, 5.41) is 1.07. The van der Waals surface area contributed by atoms with Gasteiger partial charge in [-0.15, -0.1) is 0 Å². The molecule has 0 aliphatic rings. The molecule has 0 N–H and O–H groups in total. The number of hydrogen-bond donors (Lipinski definition) is 0. The van der Waals surface area contributed by atoms with Crippen LogP contribution in [0, 0.1) is 5.82 Å². The predicted octanol–water partition coefficient (Wildman–Crippen LogP) is 4.19. The number of rotatable bonds is 1. The molecule has 2 aromatic rings. The molecule has 76 valence electrons. The minimum absolute atomic E-state index is 0.399. The van der Waals surface area contributed by atoms with Crippen molar-refractivity contribution in [3.05, 3.63) is 52.5 Å². The summed E-state index contributed by atoms with van der Waals surface area (Å²) in [5.74, 6) is -0.399. The summed E-state index contributed by atoms with van der Waals surface area (Å²) in [4.78, 5) is 3.75. The van der Waals surface area contributed by atoms with Gasteiger partial charge in [0.1, 0.15) is 5.82 Å². The van der Waals surface area contributed by atoms with Gasteiger partial charge in [-0.1, -0.05) is 23.2 Å². The van der Waals surface area contributed by atoms with Crippen molar-refractivity contribution in [3.63, 3.8) is 0 Å². The summed E-state index contributed by atoms with van der Waals surface area (Å²) in [6, 6.07) is 6.40. The van der Waals surface area contributed by atoms with E-state index in [4.69, 9.17) is 23.2 Å². The second-order valence-corrected chi connectivity index (χ2v) is 3.86. The molecule has 2 rings (SSSR count). The van der Waals surface area contributed by atoms with Gasteiger partial charge in [0.05, 0.1) is 6.20 Å². The molecular formula is C11H6Cl2FN. The SMILES string of the molecule is Fc1cncc(-c2cc(Cl)ccc2Cl)c1. The van der Waals surface area contributed by atoms with Crippen LogP contribution in [0.15, 0.2) is 36.7 Å². The van der Waals surface area contributed by atoms with Crippen molar-refractivity contribution in [2.75, 3.05) is 0 Å². The lowest BCUT2D eigenvalue weighted by atomic mass is 10.1. The van der Waals surface area contributed by atoms with Crippen molar-refractivity contribution >= 4 is 23.2 Å². The molecule has 0 spiro atoms. The summed E-state index contributed by atoms with van der Waals surface area (Å²) in [6.45, 7) is 0. The Bertz CT molecular complexity index is 500. The number of aromatic nitrogens is 1. The van der Waals surface area contributed by atoms with Gasteiger partial charge in [0, 0.05) is 27.4 Å². The summed E-state index contributed by atoms with van der Waals surface area (Å²) in [5.41, 5.74) is 1.29. The van der Waals surface area contributed by atoms with Crippen LogP contribution in [0.3, 0.4) is 0 Å². The van der Waals surface area contributed by atoms with E-state index in [-0.39, 0.29) is 0 Å². The van der Waals surface area contributed by atoms with Gasteiger partial charge in [-0.3, -0.25) is 4.98 Å². The Morgan fingerprint density at radius 3 is 2.60 bits per heavy atom. The van der Waals surface area contributed by atoms with Crippen LogP contribution in [0.2, 0.25) is 10.0 Å². The van der Waals surface area contributed by atoms with Crippen molar-refractivity contribution < 1.29 is 4.39 Å². The fourth-order valence-corrected chi connectivity index (χ4v) is 1.68. The monoisotopic (exact) mass is 241 g/mol. The fraction of sp³-hybridized carbons (Fsp3) is 0. The molecule has 1 aromatic heterocycles. The molecule has 0 radical (unpaired) electrons. The highest BCUT2D eigenvalue weighted by molar-refractivity contribution is 6.35. The lowest BCUT2D eigenvalue weighted by Crippen LogP contribution is -1.84. The van der Waals surface area contributed by atoms with Crippen molar-refractivity contribution in [3.8, 4) is 11.1 Å². The maximum atomic E-state index is 12.9. The Hall–Kier alpha value is -1.12. The summed E-state index contributed by atoms with van der Waals surface area (Å²) >= 11 is 11.8. The molecule has 0 unspecified atom stereocenters. The standard InChI is InChI=1S/C11H6Cl2FN/c12-8-1-2-11(13)10(4-8)7-3-9(14)6-15-5-7/h1-6H. The second kappa shape index (κ2) is 4.17. The van der Waals surface area contributed by atoms with Crippen molar-refractivity contribution in [2.45, 2.75) is 0 Å². The zero-order valence-corrected chi connectivity index (χ0v) is 9.06. The summed E-state index contributed by atoms with van der Waals surface area (Å²) < 4.78 is 12.9. The number of nitrogens with zero attached hydrogens (tertiary/aromatic N) is 1. The Kier molecular flexibility index (Phi) is 2.89. The van der Waals surface area contributed by atoms with E-state index >= 15 is 0 Å². The maximum absolute atomic E-state index is 12.9. The maximum Gasteiger partial charge on any atom is 0.142 e.